The monoisotopic (exact) mass is 392 g/mol. The largest absolute Gasteiger partial charge is 0.460 e. The average molecular weight is 395 g/mol. The van der Waals surface area contributed by atoms with Crippen LogP contribution in [0.1, 0.15) is 20.3 Å². The quantitative estimate of drug-likeness (QED) is 0.315. The van der Waals surface area contributed by atoms with Crippen molar-refractivity contribution in [2.75, 3.05) is 0 Å². The van der Waals surface area contributed by atoms with E-state index in [1.54, 1.807) is 6.92 Å². The number of esters is 1. The fourth-order valence-electron chi connectivity index (χ4n) is 0.611. The van der Waals surface area contributed by atoms with Gasteiger partial charge in [-0.15, -0.1) is 0 Å². The maximum Gasteiger partial charge on any atom is 0.333 e. The van der Waals surface area contributed by atoms with E-state index in [0.717, 1.165) is 6.42 Å². The van der Waals surface area contributed by atoms with Gasteiger partial charge in [-0.25, -0.2) is 4.79 Å². The third-order valence-electron chi connectivity index (χ3n) is 1.33. The molecule has 0 aromatic heterocycles. The van der Waals surface area contributed by atoms with E-state index in [9.17, 15) is 4.79 Å². The molecule has 1 atom stereocenters. The van der Waals surface area contributed by atoms with Crippen LogP contribution in [0.3, 0.4) is 0 Å². The lowest BCUT2D eigenvalue weighted by molar-refractivity contribution is -0.140. The molecule has 0 saturated carbocycles. The molecular weight excluding hydrogens is 384 g/mol. The van der Waals surface area contributed by atoms with Crippen LogP contribution in [0.5, 0.6) is 0 Å². The first-order valence-corrected chi connectivity index (χ1v) is 12.6. The third kappa shape index (κ3) is 5.34. The zero-order chi connectivity index (χ0) is 10.6. The van der Waals surface area contributed by atoms with Gasteiger partial charge >= 0.3 is 9.90 Å². The molecule has 0 bridgehead atoms. The van der Waals surface area contributed by atoms with Crippen LogP contribution in [0.4, 0.5) is 0 Å². The van der Waals surface area contributed by atoms with Crippen LogP contribution in [0.25, 0.3) is 0 Å². The number of carbonyl (C=O) groups excluding carboxylic acids is 1. The van der Waals surface area contributed by atoms with E-state index in [1.165, 1.54) is 0 Å². The van der Waals surface area contributed by atoms with Crippen LogP contribution in [0.2, 0.25) is 0 Å². The zero-order valence-corrected chi connectivity index (χ0v) is 13.2. The van der Waals surface area contributed by atoms with Crippen LogP contribution in [-0.4, -0.2) is 15.6 Å². The SMILES string of the molecule is C=C(C)C(=O)OC(CC)[Si](Br)(Br)Br. The molecule has 0 heterocycles. The van der Waals surface area contributed by atoms with Gasteiger partial charge in [0, 0.05) is 5.57 Å². The highest BCUT2D eigenvalue weighted by Gasteiger charge is 2.36. The standard InChI is InChI=1S/C7H11Br3O2Si/c1-4-6(13(8,9)10)12-7(11)5(2)3/h6H,2,4H2,1,3H3. The fraction of sp³-hybridized carbons (Fsp3) is 0.571. The van der Waals surface area contributed by atoms with Gasteiger partial charge in [-0.3, -0.25) is 0 Å². The zero-order valence-electron chi connectivity index (χ0n) is 7.44. The molecule has 0 rings (SSSR count). The lowest BCUT2D eigenvalue weighted by atomic mass is 10.4. The van der Waals surface area contributed by atoms with Gasteiger partial charge in [-0.2, -0.15) is 0 Å². The van der Waals surface area contributed by atoms with E-state index < -0.39 is 3.93 Å². The van der Waals surface area contributed by atoms with Gasteiger partial charge in [0.15, 0.2) is 0 Å². The molecule has 6 heteroatoms. The fourth-order valence-corrected chi connectivity index (χ4v) is 5.07. The highest BCUT2D eigenvalue weighted by Crippen LogP contribution is 2.34. The van der Waals surface area contributed by atoms with E-state index in [0.29, 0.717) is 5.57 Å². The smallest absolute Gasteiger partial charge is 0.333 e. The number of carbonyl (C=O) groups is 1. The maximum atomic E-state index is 11.2. The predicted octanol–water partition coefficient (Wildman–Crippen LogP) is 3.55. The Morgan fingerprint density at radius 1 is 1.54 bits per heavy atom. The first-order valence-electron chi connectivity index (χ1n) is 3.72. The van der Waals surface area contributed by atoms with E-state index in [4.69, 9.17) is 4.74 Å². The second kappa shape index (κ2) is 5.68. The van der Waals surface area contributed by atoms with Gasteiger partial charge < -0.3 is 4.74 Å². The van der Waals surface area contributed by atoms with E-state index >= 15 is 0 Å². The minimum Gasteiger partial charge on any atom is -0.460 e. The first kappa shape index (κ1) is 13.9. The summed E-state index contributed by atoms with van der Waals surface area (Å²) in [6.45, 7) is 7.11. The second-order valence-electron chi connectivity index (χ2n) is 2.62. The number of ether oxygens (including phenoxy) is 1. The molecule has 0 aliphatic heterocycles. The van der Waals surface area contributed by atoms with Crippen LogP contribution in [0, 0.1) is 0 Å². The summed E-state index contributed by atoms with van der Waals surface area (Å²) in [4.78, 5) is 11.2. The van der Waals surface area contributed by atoms with Gasteiger partial charge in [0.2, 0.25) is 0 Å². The molecule has 0 radical (unpaired) electrons. The Morgan fingerprint density at radius 3 is 2.23 bits per heavy atom. The van der Waals surface area contributed by atoms with Crippen molar-refractivity contribution in [2.24, 2.45) is 0 Å². The predicted molar refractivity (Wildman–Crippen MR) is 67.5 cm³/mol. The summed E-state index contributed by atoms with van der Waals surface area (Å²) < 4.78 is 3.27. The molecule has 0 N–H and O–H groups in total. The van der Waals surface area contributed by atoms with Gasteiger partial charge in [0.1, 0.15) is 5.73 Å². The Morgan fingerprint density at radius 2 is 2.00 bits per heavy atom. The molecule has 0 aromatic rings. The lowest BCUT2D eigenvalue weighted by Gasteiger charge is -2.22. The van der Waals surface area contributed by atoms with E-state index in [2.05, 4.69) is 52.5 Å². The third-order valence-corrected chi connectivity index (χ3v) is 7.19. The average Bonchev–Trinajstić information content (AvgIpc) is 1.96. The minimum atomic E-state index is -1.94. The van der Waals surface area contributed by atoms with Crippen molar-refractivity contribution >= 4 is 55.8 Å². The molecule has 76 valence electrons. The van der Waals surface area contributed by atoms with Crippen molar-refractivity contribution in [3.8, 4) is 0 Å². The van der Waals surface area contributed by atoms with Crippen molar-refractivity contribution in [3.63, 3.8) is 0 Å². The Bertz CT molecular complexity index is 212. The van der Waals surface area contributed by atoms with Crippen molar-refractivity contribution in [2.45, 2.75) is 26.0 Å². The summed E-state index contributed by atoms with van der Waals surface area (Å²) in [6, 6.07) is 0. The Kier molecular flexibility index (Phi) is 6.05. The van der Waals surface area contributed by atoms with Crippen molar-refractivity contribution in [1.29, 1.82) is 0 Å². The summed E-state index contributed by atoms with van der Waals surface area (Å²) in [5.41, 5.74) is 0.279. The number of hydrogen-bond donors (Lipinski definition) is 0. The van der Waals surface area contributed by atoms with Crippen LogP contribution in [-0.2, 0) is 9.53 Å². The highest BCUT2D eigenvalue weighted by atomic mass is 80.0. The van der Waals surface area contributed by atoms with E-state index in [-0.39, 0.29) is 11.7 Å². The second-order valence-corrected chi connectivity index (χ2v) is 25.2. The summed E-state index contributed by atoms with van der Waals surface area (Å²) in [5, 5.41) is 0. The van der Waals surface area contributed by atoms with E-state index in [1.807, 2.05) is 6.92 Å². The topological polar surface area (TPSA) is 26.3 Å². The number of hydrogen-bond acceptors (Lipinski definition) is 2. The minimum absolute atomic E-state index is 0.142. The van der Waals surface area contributed by atoms with Gasteiger partial charge in [-0.1, -0.05) is 59.4 Å². The van der Waals surface area contributed by atoms with Gasteiger partial charge in [-0.05, 0) is 13.3 Å². The molecule has 0 aromatic carbocycles. The van der Waals surface area contributed by atoms with Crippen molar-refractivity contribution in [1.82, 2.24) is 0 Å². The Balaban J connectivity index is 4.31. The summed E-state index contributed by atoms with van der Waals surface area (Å²) in [5.74, 6) is -0.345. The first-order chi connectivity index (χ1) is 5.79. The number of rotatable bonds is 4. The highest BCUT2D eigenvalue weighted by molar-refractivity contribution is 9.72. The van der Waals surface area contributed by atoms with Crippen LogP contribution < -0.4 is 0 Å². The summed E-state index contributed by atoms with van der Waals surface area (Å²) >= 11 is 10.3. The maximum absolute atomic E-state index is 11.2. The Labute approximate surface area is 103 Å². The lowest BCUT2D eigenvalue weighted by Crippen LogP contribution is -2.34. The normalized spacial score (nSPS) is 13.6. The molecule has 1 unspecified atom stereocenters. The van der Waals surface area contributed by atoms with Crippen LogP contribution in [0.15, 0.2) is 12.2 Å². The molecule has 0 fully saturated rings. The molecule has 0 aliphatic carbocycles. The molecular formula is C7H11Br3O2Si. The van der Waals surface area contributed by atoms with Crippen LogP contribution >= 0.6 is 45.9 Å². The number of halogens is 3. The molecule has 0 spiro atoms. The van der Waals surface area contributed by atoms with Crippen molar-refractivity contribution < 1.29 is 9.53 Å². The van der Waals surface area contributed by atoms with Gasteiger partial charge in [0.05, 0.1) is 0 Å². The molecule has 13 heavy (non-hydrogen) atoms. The molecule has 2 nitrogen and oxygen atoms in total. The Hall–Kier alpha value is 0.867. The molecule has 0 amide bonds. The van der Waals surface area contributed by atoms with Gasteiger partial charge in [0.25, 0.3) is 0 Å². The molecule has 0 aliphatic rings. The molecule has 0 saturated heterocycles. The summed E-state index contributed by atoms with van der Waals surface area (Å²) in [6.07, 6.45) is 0.757. The van der Waals surface area contributed by atoms with Crippen molar-refractivity contribution in [3.05, 3.63) is 12.2 Å². The summed E-state index contributed by atoms with van der Waals surface area (Å²) in [7, 11) is 0.